The van der Waals surface area contributed by atoms with Crippen LogP contribution in [0.1, 0.15) is 11.3 Å². The van der Waals surface area contributed by atoms with Gasteiger partial charge in [-0.1, -0.05) is 17.3 Å². The van der Waals surface area contributed by atoms with Crippen molar-refractivity contribution in [3.63, 3.8) is 0 Å². The summed E-state index contributed by atoms with van der Waals surface area (Å²) in [5, 5.41) is 17.0. The zero-order chi connectivity index (χ0) is 13.4. The highest BCUT2D eigenvalue weighted by Crippen LogP contribution is 2.17. The van der Waals surface area contributed by atoms with Gasteiger partial charge < -0.3 is 4.98 Å². The molecule has 0 aliphatic rings. The predicted octanol–water partition coefficient (Wildman–Crippen LogP) is 1.29. The van der Waals surface area contributed by atoms with Crippen LogP contribution in [0.25, 0.3) is 16.7 Å². The Labute approximate surface area is 107 Å². The van der Waals surface area contributed by atoms with Crippen LogP contribution in [0, 0.1) is 18.3 Å². The lowest BCUT2D eigenvalue weighted by Crippen LogP contribution is -2.14. The molecule has 0 saturated carbocycles. The fourth-order valence-electron chi connectivity index (χ4n) is 1.96. The standard InChI is InChI=1S/C13H9N5O/c1-8-12(6-9(7-14)13(19)15-8)18-11-5-3-2-4-10(11)16-17-18/h2-6H,1H3,(H,15,19). The topological polar surface area (TPSA) is 87.4 Å². The van der Waals surface area contributed by atoms with E-state index in [1.165, 1.54) is 6.07 Å². The first-order valence-electron chi connectivity index (χ1n) is 5.65. The van der Waals surface area contributed by atoms with Crippen LogP contribution in [0.5, 0.6) is 0 Å². The van der Waals surface area contributed by atoms with Crippen molar-refractivity contribution in [1.82, 2.24) is 20.0 Å². The molecule has 0 bridgehead atoms. The molecular weight excluding hydrogens is 242 g/mol. The van der Waals surface area contributed by atoms with Crippen molar-refractivity contribution >= 4 is 11.0 Å². The molecule has 0 saturated heterocycles. The van der Waals surface area contributed by atoms with Crippen LogP contribution >= 0.6 is 0 Å². The second-order valence-corrected chi connectivity index (χ2v) is 4.12. The lowest BCUT2D eigenvalue weighted by Gasteiger charge is -2.06. The second-order valence-electron chi connectivity index (χ2n) is 4.12. The van der Waals surface area contributed by atoms with Gasteiger partial charge in [-0.25, -0.2) is 4.68 Å². The van der Waals surface area contributed by atoms with Gasteiger partial charge in [0.15, 0.2) is 0 Å². The van der Waals surface area contributed by atoms with Crippen molar-refractivity contribution in [3.8, 4) is 11.8 Å². The molecule has 6 nitrogen and oxygen atoms in total. The van der Waals surface area contributed by atoms with E-state index < -0.39 is 5.56 Å². The lowest BCUT2D eigenvalue weighted by atomic mass is 10.2. The third-order valence-electron chi connectivity index (χ3n) is 2.91. The van der Waals surface area contributed by atoms with Crippen LogP contribution in [0.2, 0.25) is 0 Å². The minimum Gasteiger partial charge on any atom is -0.323 e. The van der Waals surface area contributed by atoms with Gasteiger partial charge in [-0.3, -0.25) is 4.79 Å². The average molecular weight is 251 g/mol. The normalized spacial score (nSPS) is 10.5. The van der Waals surface area contributed by atoms with Gasteiger partial charge in [0.05, 0.1) is 11.2 Å². The van der Waals surface area contributed by atoms with E-state index in [2.05, 4.69) is 15.3 Å². The second kappa shape index (κ2) is 4.07. The maximum Gasteiger partial charge on any atom is 0.266 e. The summed E-state index contributed by atoms with van der Waals surface area (Å²) in [7, 11) is 0. The molecule has 0 amide bonds. The summed E-state index contributed by atoms with van der Waals surface area (Å²) in [4.78, 5) is 14.2. The summed E-state index contributed by atoms with van der Waals surface area (Å²) >= 11 is 0. The quantitative estimate of drug-likeness (QED) is 0.705. The van der Waals surface area contributed by atoms with Gasteiger partial charge in [0.2, 0.25) is 0 Å². The van der Waals surface area contributed by atoms with Crippen LogP contribution < -0.4 is 5.56 Å². The molecular formula is C13H9N5O. The molecule has 0 aliphatic heterocycles. The van der Waals surface area contributed by atoms with Gasteiger partial charge in [0, 0.05) is 5.69 Å². The third kappa shape index (κ3) is 1.68. The number of aryl methyl sites for hydroxylation is 1. The van der Waals surface area contributed by atoms with Gasteiger partial charge in [-0.2, -0.15) is 5.26 Å². The molecule has 1 aromatic carbocycles. The minimum absolute atomic E-state index is 0.0557. The Morgan fingerprint density at radius 2 is 2.16 bits per heavy atom. The van der Waals surface area contributed by atoms with Crippen LogP contribution in [0.4, 0.5) is 0 Å². The van der Waals surface area contributed by atoms with E-state index in [4.69, 9.17) is 5.26 Å². The van der Waals surface area contributed by atoms with Gasteiger partial charge in [0.1, 0.15) is 17.1 Å². The number of nitrogens with zero attached hydrogens (tertiary/aromatic N) is 4. The number of pyridine rings is 1. The van der Waals surface area contributed by atoms with Gasteiger partial charge in [0.25, 0.3) is 5.56 Å². The number of hydrogen-bond donors (Lipinski definition) is 1. The number of nitriles is 1. The SMILES string of the molecule is Cc1[nH]c(=O)c(C#N)cc1-n1nnc2ccccc21. The van der Waals surface area contributed by atoms with Gasteiger partial charge >= 0.3 is 0 Å². The molecule has 3 aromatic rings. The molecule has 3 rings (SSSR count). The number of rotatable bonds is 1. The Bertz CT molecular complexity index is 869. The van der Waals surface area contributed by atoms with Crippen molar-refractivity contribution in [2.75, 3.05) is 0 Å². The molecule has 0 atom stereocenters. The Morgan fingerprint density at radius 1 is 1.37 bits per heavy atom. The third-order valence-corrected chi connectivity index (χ3v) is 2.91. The highest BCUT2D eigenvalue weighted by molar-refractivity contribution is 5.76. The fourth-order valence-corrected chi connectivity index (χ4v) is 1.96. The number of hydrogen-bond acceptors (Lipinski definition) is 4. The van der Waals surface area contributed by atoms with E-state index in [0.29, 0.717) is 11.4 Å². The van der Waals surface area contributed by atoms with Gasteiger partial charge in [-0.15, -0.1) is 5.10 Å². The molecule has 92 valence electrons. The maximum absolute atomic E-state index is 11.5. The monoisotopic (exact) mass is 251 g/mol. The molecule has 2 aromatic heterocycles. The molecule has 2 heterocycles. The number of aromatic amines is 1. The zero-order valence-corrected chi connectivity index (χ0v) is 10.1. The van der Waals surface area contributed by atoms with E-state index >= 15 is 0 Å². The van der Waals surface area contributed by atoms with Crippen LogP contribution in [-0.4, -0.2) is 20.0 Å². The lowest BCUT2D eigenvalue weighted by molar-refractivity contribution is 0.810. The van der Waals surface area contributed by atoms with Crippen LogP contribution in [0.15, 0.2) is 35.1 Å². The summed E-state index contributed by atoms with van der Waals surface area (Å²) in [5.41, 5.74) is 2.52. The summed E-state index contributed by atoms with van der Waals surface area (Å²) in [6, 6.07) is 10.9. The molecule has 19 heavy (non-hydrogen) atoms. The van der Waals surface area contributed by atoms with Crippen LogP contribution in [0.3, 0.4) is 0 Å². The Hall–Kier alpha value is -2.94. The summed E-state index contributed by atoms with van der Waals surface area (Å²) in [6.45, 7) is 1.76. The van der Waals surface area contributed by atoms with E-state index in [0.717, 1.165) is 11.0 Å². The zero-order valence-electron chi connectivity index (χ0n) is 10.1. The van der Waals surface area contributed by atoms with Crippen LogP contribution in [-0.2, 0) is 0 Å². The molecule has 0 spiro atoms. The van der Waals surface area contributed by atoms with Crippen molar-refractivity contribution in [3.05, 3.63) is 51.9 Å². The smallest absolute Gasteiger partial charge is 0.266 e. The van der Waals surface area contributed by atoms with E-state index in [-0.39, 0.29) is 5.56 Å². The largest absolute Gasteiger partial charge is 0.323 e. The maximum atomic E-state index is 11.5. The number of benzene rings is 1. The molecule has 0 unspecified atom stereocenters. The predicted molar refractivity (Wildman–Crippen MR) is 68.9 cm³/mol. The minimum atomic E-state index is -0.395. The molecule has 6 heteroatoms. The Balaban J connectivity index is 2.34. The first-order chi connectivity index (χ1) is 9.20. The van der Waals surface area contributed by atoms with Crippen molar-refractivity contribution < 1.29 is 0 Å². The number of aromatic nitrogens is 4. The first-order valence-corrected chi connectivity index (χ1v) is 5.65. The number of H-pyrrole nitrogens is 1. The van der Waals surface area contributed by atoms with E-state index in [1.807, 2.05) is 30.3 Å². The van der Waals surface area contributed by atoms with Crippen molar-refractivity contribution in [2.45, 2.75) is 6.92 Å². The summed E-state index contributed by atoms with van der Waals surface area (Å²) in [6.07, 6.45) is 0. The summed E-state index contributed by atoms with van der Waals surface area (Å²) < 4.78 is 1.61. The van der Waals surface area contributed by atoms with Crippen molar-refractivity contribution in [2.24, 2.45) is 0 Å². The molecule has 0 radical (unpaired) electrons. The Morgan fingerprint density at radius 3 is 2.95 bits per heavy atom. The van der Waals surface area contributed by atoms with E-state index in [9.17, 15) is 4.79 Å². The van der Waals surface area contributed by atoms with Crippen molar-refractivity contribution in [1.29, 1.82) is 5.26 Å². The summed E-state index contributed by atoms with van der Waals surface area (Å²) in [5.74, 6) is 0. The number of fused-ring (bicyclic) bond motifs is 1. The average Bonchev–Trinajstić information content (AvgIpc) is 2.83. The molecule has 0 fully saturated rings. The first kappa shape index (κ1) is 11.2. The number of nitrogens with one attached hydrogen (secondary N) is 1. The Kier molecular flexibility index (Phi) is 2.39. The van der Waals surface area contributed by atoms with E-state index in [1.54, 1.807) is 11.6 Å². The number of para-hydroxylation sites is 1. The highest BCUT2D eigenvalue weighted by atomic mass is 16.1. The molecule has 1 N–H and O–H groups in total. The van der Waals surface area contributed by atoms with Gasteiger partial charge in [-0.05, 0) is 25.1 Å². The molecule has 0 aliphatic carbocycles. The highest BCUT2D eigenvalue weighted by Gasteiger charge is 2.11. The fraction of sp³-hybridized carbons (Fsp3) is 0.0769.